The molecule has 0 aliphatic rings. The van der Waals surface area contributed by atoms with E-state index < -0.39 is 0 Å². The van der Waals surface area contributed by atoms with Crippen molar-refractivity contribution in [2.24, 2.45) is 0 Å². The molecule has 15 heavy (non-hydrogen) atoms. The van der Waals surface area contributed by atoms with Gasteiger partial charge in [-0.1, -0.05) is 39.1 Å². The van der Waals surface area contributed by atoms with Crippen molar-refractivity contribution in [2.75, 3.05) is 17.8 Å². The molecule has 0 unspecified atom stereocenters. The summed E-state index contributed by atoms with van der Waals surface area (Å²) in [4.78, 5) is 11.1. The zero-order valence-electron chi connectivity index (χ0n) is 7.81. The minimum atomic E-state index is -0.174. The molecule has 0 saturated carbocycles. The summed E-state index contributed by atoms with van der Waals surface area (Å²) < 4.78 is 4.98. The Hall–Kier alpha value is -0.450. The summed E-state index contributed by atoms with van der Waals surface area (Å²) in [6.45, 7) is 0. The summed E-state index contributed by atoms with van der Waals surface area (Å²) in [6.07, 6.45) is 0. The first-order chi connectivity index (χ1) is 7.08. The second-order valence-electron chi connectivity index (χ2n) is 2.65. The maximum absolute atomic E-state index is 11.1. The fourth-order valence-corrected chi connectivity index (χ4v) is 1.80. The molecule has 1 amide bonds. The molecule has 0 aromatic heterocycles. The number of hydrogen-bond acceptors (Lipinski definition) is 2. The number of anilines is 1. The normalized spacial score (nSPS) is 9.87. The van der Waals surface area contributed by atoms with Crippen molar-refractivity contribution < 1.29 is 9.53 Å². The molecule has 3 nitrogen and oxygen atoms in total. The first-order valence-electron chi connectivity index (χ1n) is 3.97. The molecular weight excluding hydrogens is 305 g/mol. The number of alkyl halides is 1. The van der Waals surface area contributed by atoms with Crippen molar-refractivity contribution in [1.29, 1.82) is 0 Å². The van der Waals surface area contributed by atoms with Crippen LogP contribution in [0.25, 0.3) is 0 Å². The highest BCUT2D eigenvalue weighted by Crippen LogP contribution is 2.35. The maximum atomic E-state index is 11.1. The molecule has 1 aromatic rings. The Bertz CT molecular complexity index is 361. The Morgan fingerprint density at radius 2 is 2.00 bits per heavy atom. The van der Waals surface area contributed by atoms with Gasteiger partial charge in [0.05, 0.1) is 22.5 Å². The largest absolute Gasteiger partial charge is 0.494 e. The fraction of sp³-hybridized carbons (Fsp3) is 0.222. The van der Waals surface area contributed by atoms with Gasteiger partial charge in [0.15, 0.2) is 5.75 Å². The highest BCUT2D eigenvalue weighted by molar-refractivity contribution is 9.09. The lowest BCUT2D eigenvalue weighted by Gasteiger charge is -2.09. The minimum Gasteiger partial charge on any atom is -0.494 e. The standard InChI is InChI=1S/C9H8BrCl2NO2/c1-15-9-6(11)2-5(3-7(9)12)13-8(14)4-10/h2-3H,4H2,1H3,(H,13,14). The van der Waals surface area contributed by atoms with E-state index in [1.807, 2.05) is 0 Å². The van der Waals surface area contributed by atoms with Crippen molar-refractivity contribution in [3.63, 3.8) is 0 Å². The van der Waals surface area contributed by atoms with Gasteiger partial charge in [0, 0.05) is 5.69 Å². The van der Waals surface area contributed by atoms with Crippen LogP contribution in [0.4, 0.5) is 5.69 Å². The van der Waals surface area contributed by atoms with Gasteiger partial charge in [-0.15, -0.1) is 0 Å². The summed E-state index contributed by atoms with van der Waals surface area (Å²) in [5, 5.41) is 3.54. The van der Waals surface area contributed by atoms with E-state index in [-0.39, 0.29) is 11.2 Å². The number of carbonyl (C=O) groups excluding carboxylic acids is 1. The van der Waals surface area contributed by atoms with Crippen LogP contribution in [0.5, 0.6) is 5.75 Å². The first kappa shape index (κ1) is 12.6. The third-order valence-corrected chi connectivity index (χ3v) is 2.68. The van der Waals surface area contributed by atoms with Crippen molar-refractivity contribution in [3.05, 3.63) is 22.2 Å². The van der Waals surface area contributed by atoms with Gasteiger partial charge in [-0.3, -0.25) is 4.79 Å². The van der Waals surface area contributed by atoms with Gasteiger partial charge in [0.2, 0.25) is 5.91 Å². The zero-order valence-corrected chi connectivity index (χ0v) is 10.9. The molecule has 0 heterocycles. The Kier molecular flexibility index (Phi) is 4.70. The van der Waals surface area contributed by atoms with E-state index in [4.69, 9.17) is 27.9 Å². The Balaban J connectivity index is 2.98. The number of carbonyl (C=O) groups is 1. The van der Waals surface area contributed by atoms with Crippen LogP contribution < -0.4 is 10.1 Å². The van der Waals surface area contributed by atoms with Crippen LogP contribution in [0.2, 0.25) is 10.0 Å². The van der Waals surface area contributed by atoms with Crippen LogP contribution >= 0.6 is 39.1 Å². The zero-order chi connectivity index (χ0) is 11.4. The summed E-state index contributed by atoms with van der Waals surface area (Å²) in [5.74, 6) is 0.225. The van der Waals surface area contributed by atoms with Gasteiger partial charge in [-0.05, 0) is 12.1 Å². The summed E-state index contributed by atoms with van der Waals surface area (Å²) in [5.41, 5.74) is 0.537. The predicted molar refractivity (Wildman–Crippen MR) is 65.4 cm³/mol. The van der Waals surface area contributed by atoms with Crippen molar-refractivity contribution >= 4 is 50.7 Å². The molecule has 1 N–H and O–H groups in total. The number of ether oxygens (including phenoxy) is 1. The lowest BCUT2D eigenvalue weighted by atomic mass is 10.3. The SMILES string of the molecule is COc1c(Cl)cc(NC(=O)CBr)cc1Cl. The second kappa shape index (κ2) is 5.58. The highest BCUT2D eigenvalue weighted by atomic mass is 79.9. The number of hydrogen-bond donors (Lipinski definition) is 1. The molecule has 0 fully saturated rings. The van der Waals surface area contributed by atoms with E-state index in [0.29, 0.717) is 21.5 Å². The molecule has 0 atom stereocenters. The van der Waals surface area contributed by atoms with Crippen molar-refractivity contribution in [2.45, 2.75) is 0 Å². The molecule has 0 bridgehead atoms. The third kappa shape index (κ3) is 3.26. The van der Waals surface area contributed by atoms with Crippen LogP contribution in [0.15, 0.2) is 12.1 Å². The molecule has 1 aromatic carbocycles. The number of rotatable bonds is 3. The molecule has 82 valence electrons. The quantitative estimate of drug-likeness (QED) is 0.869. The summed E-state index contributed by atoms with van der Waals surface area (Å²) in [7, 11) is 1.48. The Morgan fingerprint density at radius 1 is 1.47 bits per heavy atom. The monoisotopic (exact) mass is 311 g/mol. The molecule has 6 heteroatoms. The lowest BCUT2D eigenvalue weighted by Crippen LogP contribution is -2.12. The molecular formula is C9H8BrCl2NO2. The lowest BCUT2D eigenvalue weighted by molar-refractivity contribution is -0.113. The van der Waals surface area contributed by atoms with E-state index in [1.165, 1.54) is 7.11 Å². The average Bonchev–Trinajstić information content (AvgIpc) is 2.17. The van der Waals surface area contributed by atoms with Crippen LogP contribution in [-0.4, -0.2) is 18.3 Å². The average molecular weight is 313 g/mol. The smallest absolute Gasteiger partial charge is 0.235 e. The van der Waals surface area contributed by atoms with E-state index in [0.717, 1.165) is 0 Å². The van der Waals surface area contributed by atoms with Gasteiger partial charge in [0.1, 0.15) is 0 Å². The molecule has 0 aliphatic heterocycles. The van der Waals surface area contributed by atoms with Crippen LogP contribution in [0, 0.1) is 0 Å². The van der Waals surface area contributed by atoms with Crippen molar-refractivity contribution in [1.82, 2.24) is 0 Å². The fourth-order valence-electron chi connectivity index (χ4n) is 1.02. The molecule has 1 rings (SSSR count). The van der Waals surface area contributed by atoms with Gasteiger partial charge >= 0.3 is 0 Å². The summed E-state index contributed by atoms with van der Waals surface area (Å²) in [6, 6.07) is 3.15. The molecule has 0 saturated heterocycles. The van der Waals surface area contributed by atoms with Crippen LogP contribution in [0.1, 0.15) is 0 Å². The van der Waals surface area contributed by atoms with E-state index >= 15 is 0 Å². The van der Waals surface area contributed by atoms with Crippen LogP contribution in [0.3, 0.4) is 0 Å². The predicted octanol–water partition coefficient (Wildman–Crippen LogP) is 3.34. The van der Waals surface area contributed by atoms with Gasteiger partial charge < -0.3 is 10.1 Å². The Morgan fingerprint density at radius 3 is 2.40 bits per heavy atom. The van der Waals surface area contributed by atoms with E-state index in [2.05, 4.69) is 21.2 Å². The number of methoxy groups -OCH3 is 1. The Labute approximate surface area is 106 Å². The van der Waals surface area contributed by atoms with Gasteiger partial charge in [-0.25, -0.2) is 0 Å². The minimum absolute atomic E-state index is 0.174. The number of nitrogens with one attached hydrogen (secondary N) is 1. The van der Waals surface area contributed by atoms with E-state index in [1.54, 1.807) is 12.1 Å². The topological polar surface area (TPSA) is 38.3 Å². The third-order valence-electron chi connectivity index (χ3n) is 1.61. The molecule has 0 spiro atoms. The molecule has 0 aliphatic carbocycles. The van der Waals surface area contributed by atoms with Crippen LogP contribution in [-0.2, 0) is 4.79 Å². The number of amides is 1. The van der Waals surface area contributed by atoms with Gasteiger partial charge in [0.25, 0.3) is 0 Å². The van der Waals surface area contributed by atoms with Gasteiger partial charge in [-0.2, -0.15) is 0 Å². The number of benzene rings is 1. The number of halogens is 3. The maximum Gasteiger partial charge on any atom is 0.235 e. The highest BCUT2D eigenvalue weighted by Gasteiger charge is 2.09. The molecule has 0 radical (unpaired) electrons. The first-order valence-corrected chi connectivity index (χ1v) is 5.85. The second-order valence-corrected chi connectivity index (χ2v) is 4.03. The van der Waals surface area contributed by atoms with E-state index in [9.17, 15) is 4.79 Å². The summed E-state index contributed by atoms with van der Waals surface area (Å²) >= 11 is 14.8. The van der Waals surface area contributed by atoms with Crippen molar-refractivity contribution in [3.8, 4) is 5.75 Å².